The molecule has 11 heteroatoms. The molecular weight excluding hydrogens is 355 g/mol. The van der Waals surface area contributed by atoms with Gasteiger partial charge in [-0.2, -0.15) is 13.2 Å². The number of alkyl halides is 3. The second kappa shape index (κ2) is 6.67. The van der Waals surface area contributed by atoms with Gasteiger partial charge >= 0.3 is 5.51 Å². The molecule has 1 saturated heterocycles. The summed E-state index contributed by atoms with van der Waals surface area (Å²) in [5.74, 6) is -0.772. The summed E-state index contributed by atoms with van der Waals surface area (Å²) < 4.78 is 65.4. The Morgan fingerprint density at radius 2 is 2.04 bits per heavy atom. The van der Waals surface area contributed by atoms with Crippen LogP contribution in [-0.2, 0) is 19.4 Å². The lowest BCUT2D eigenvalue weighted by Gasteiger charge is -2.13. The average molecular weight is 369 g/mol. The Morgan fingerprint density at radius 1 is 1.38 bits per heavy atom. The molecular formula is C13H14F3NO6S. The molecule has 1 amide bonds. The van der Waals surface area contributed by atoms with Crippen LogP contribution in [0.2, 0.25) is 0 Å². The van der Waals surface area contributed by atoms with Gasteiger partial charge in [0.25, 0.3) is 15.7 Å². The SMILES string of the molecule is O=C(Nc1cccc(S(=O)(=O)C(F)(F)F)c1)[C@H]1C[C@H](O)[C@@H](CO)O1. The van der Waals surface area contributed by atoms with Crippen LogP contribution in [0.5, 0.6) is 0 Å². The molecule has 0 saturated carbocycles. The van der Waals surface area contributed by atoms with Crippen molar-refractivity contribution in [3.05, 3.63) is 24.3 Å². The first-order chi connectivity index (χ1) is 11.1. The molecule has 0 bridgehead atoms. The lowest BCUT2D eigenvalue weighted by molar-refractivity contribution is -0.127. The maximum Gasteiger partial charge on any atom is 0.501 e. The van der Waals surface area contributed by atoms with Gasteiger partial charge in [-0.15, -0.1) is 0 Å². The Kier molecular flexibility index (Phi) is 5.18. The third-order valence-corrected chi connectivity index (χ3v) is 4.90. The Bertz CT molecular complexity index is 721. The number of hydrogen-bond acceptors (Lipinski definition) is 6. The number of ether oxygens (including phenoxy) is 1. The Labute approximate surface area is 135 Å². The molecule has 2 rings (SSSR count). The van der Waals surface area contributed by atoms with Crippen molar-refractivity contribution < 1.29 is 41.3 Å². The second-order valence-electron chi connectivity index (χ2n) is 5.12. The first kappa shape index (κ1) is 18.6. The standard InChI is InChI=1S/C13H14F3NO6S/c14-13(15,16)24(21,22)8-3-1-2-7(4-8)17-12(20)10-5-9(19)11(6-18)23-10/h1-4,9-11,18-19H,5-6H2,(H,17,20)/t9-,10+,11+/m0/s1. The molecule has 3 N–H and O–H groups in total. The van der Waals surface area contributed by atoms with E-state index in [1.54, 1.807) is 0 Å². The molecule has 24 heavy (non-hydrogen) atoms. The zero-order chi connectivity index (χ0) is 18.1. The van der Waals surface area contributed by atoms with E-state index < -0.39 is 51.1 Å². The van der Waals surface area contributed by atoms with Crippen molar-refractivity contribution in [1.82, 2.24) is 0 Å². The van der Waals surface area contributed by atoms with Gasteiger partial charge in [0.2, 0.25) is 0 Å². The number of anilines is 1. The molecule has 0 aromatic heterocycles. The fourth-order valence-corrected chi connectivity index (χ4v) is 2.97. The summed E-state index contributed by atoms with van der Waals surface area (Å²) in [4.78, 5) is 11.0. The summed E-state index contributed by atoms with van der Waals surface area (Å²) in [6, 6.07) is 3.70. The van der Waals surface area contributed by atoms with Crippen LogP contribution in [0.3, 0.4) is 0 Å². The third-order valence-electron chi connectivity index (χ3n) is 3.41. The van der Waals surface area contributed by atoms with Gasteiger partial charge in [-0.05, 0) is 18.2 Å². The zero-order valence-electron chi connectivity index (χ0n) is 12.0. The predicted octanol–water partition coefficient (Wildman–Crippen LogP) is 0.429. The highest BCUT2D eigenvalue weighted by Crippen LogP contribution is 2.31. The molecule has 1 aliphatic rings. The molecule has 7 nitrogen and oxygen atoms in total. The van der Waals surface area contributed by atoms with Crippen LogP contribution in [0.15, 0.2) is 29.2 Å². The molecule has 134 valence electrons. The lowest BCUT2D eigenvalue weighted by Crippen LogP contribution is -2.29. The smallest absolute Gasteiger partial charge is 0.394 e. The van der Waals surface area contributed by atoms with E-state index in [0.29, 0.717) is 6.07 Å². The number of benzene rings is 1. The van der Waals surface area contributed by atoms with E-state index in [0.717, 1.165) is 12.1 Å². The molecule has 1 aliphatic heterocycles. The number of halogens is 3. The summed E-state index contributed by atoms with van der Waals surface area (Å²) in [5, 5.41) is 20.7. The fraction of sp³-hybridized carbons (Fsp3) is 0.462. The van der Waals surface area contributed by atoms with Crippen molar-refractivity contribution in [2.75, 3.05) is 11.9 Å². The van der Waals surface area contributed by atoms with E-state index in [1.807, 2.05) is 0 Å². The molecule has 1 aromatic carbocycles. The number of rotatable bonds is 4. The molecule has 0 spiro atoms. The first-order valence-corrected chi connectivity index (χ1v) is 8.21. The van der Waals surface area contributed by atoms with Crippen LogP contribution in [0.4, 0.5) is 18.9 Å². The number of hydrogen-bond donors (Lipinski definition) is 3. The van der Waals surface area contributed by atoms with Crippen molar-refractivity contribution in [2.45, 2.75) is 35.1 Å². The van der Waals surface area contributed by atoms with Crippen molar-refractivity contribution in [1.29, 1.82) is 0 Å². The molecule has 1 heterocycles. The molecule has 0 unspecified atom stereocenters. The van der Waals surface area contributed by atoms with Crippen molar-refractivity contribution >= 4 is 21.4 Å². The lowest BCUT2D eigenvalue weighted by atomic mass is 10.1. The summed E-state index contributed by atoms with van der Waals surface area (Å²) in [5.41, 5.74) is -5.63. The molecule has 0 radical (unpaired) electrons. The third kappa shape index (κ3) is 3.69. The van der Waals surface area contributed by atoms with E-state index in [4.69, 9.17) is 9.84 Å². The highest BCUT2D eigenvalue weighted by molar-refractivity contribution is 7.92. The number of amides is 1. The summed E-state index contributed by atoms with van der Waals surface area (Å²) in [6.45, 7) is -0.496. The average Bonchev–Trinajstić information content (AvgIpc) is 2.87. The highest BCUT2D eigenvalue weighted by Gasteiger charge is 2.47. The molecule has 1 aromatic rings. The predicted molar refractivity (Wildman–Crippen MR) is 74.7 cm³/mol. The molecule has 3 atom stereocenters. The minimum Gasteiger partial charge on any atom is -0.394 e. The zero-order valence-corrected chi connectivity index (χ0v) is 12.8. The second-order valence-corrected chi connectivity index (χ2v) is 7.06. The van der Waals surface area contributed by atoms with Gasteiger partial charge in [0.05, 0.1) is 17.6 Å². The quantitative estimate of drug-likeness (QED) is 0.709. The fourth-order valence-electron chi connectivity index (χ4n) is 2.16. The van der Waals surface area contributed by atoms with Gasteiger partial charge in [0.1, 0.15) is 12.2 Å². The van der Waals surface area contributed by atoms with Gasteiger partial charge in [-0.1, -0.05) is 6.07 Å². The normalized spacial score (nSPS) is 24.8. The van der Waals surface area contributed by atoms with E-state index >= 15 is 0 Å². The van der Waals surface area contributed by atoms with Crippen LogP contribution < -0.4 is 5.32 Å². The summed E-state index contributed by atoms with van der Waals surface area (Å²) in [6.07, 6.45) is -3.20. The number of aliphatic hydroxyl groups is 2. The van der Waals surface area contributed by atoms with Crippen LogP contribution in [0.25, 0.3) is 0 Å². The first-order valence-electron chi connectivity index (χ1n) is 6.73. The van der Waals surface area contributed by atoms with E-state index in [2.05, 4.69) is 5.32 Å². The van der Waals surface area contributed by atoms with E-state index in [9.17, 15) is 31.5 Å². The van der Waals surface area contributed by atoms with Crippen LogP contribution in [-0.4, -0.2) is 55.0 Å². The summed E-state index contributed by atoms with van der Waals surface area (Å²) in [7, 11) is -5.53. The topological polar surface area (TPSA) is 113 Å². The van der Waals surface area contributed by atoms with Gasteiger partial charge in [-0.3, -0.25) is 4.79 Å². The number of carbonyl (C=O) groups is 1. The van der Waals surface area contributed by atoms with Crippen LogP contribution in [0.1, 0.15) is 6.42 Å². The van der Waals surface area contributed by atoms with Crippen molar-refractivity contribution in [2.24, 2.45) is 0 Å². The molecule has 0 aliphatic carbocycles. The maximum atomic E-state index is 12.5. The minimum atomic E-state index is -5.53. The van der Waals surface area contributed by atoms with Gasteiger partial charge in [0, 0.05) is 12.1 Å². The number of carbonyl (C=O) groups excluding carboxylic acids is 1. The summed E-state index contributed by atoms with van der Waals surface area (Å²) >= 11 is 0. The Morgan fingerprint density at radius 3 is 2.58 bits per heavy atom. The number of sulfone groups is 1. The van der Waals surface area contributed by atoms with E-state index in [-0.39, 0.29) is 12.1 Å². The van der Waals surface area contributed by atoms with Crippen LogP contribution >= 0.6 is 0 Å². The Hall–Kier alpha value is -1.69. The van der Waals surface area contributed by atoms with E-state index in [1.165, 1.54) is 6.07 Å². The van der Waals surface area contributed by atoms with Gasteiger partial charge < -0.3 is 20.3 Å². The Balaban J connectivity index is 2.15. The van der Waals surface area contributed by atoms with Crippen LogP contribution in [0, 0.1) is 0 Å². The van der Waals surface area contributed by atoms with Crippen molar-refractivity contribution in [3.63, 3.8) is 0 Å². The minimum absolute atomic E-state index is 0.0996. The highest BCUT2D eigenvalue weighted by atomic mass is 32.2. The van der Waals surface area contributed by atoms with Crippen molar-refractivity contribution in [3.8, 4) is 0 Å². The largest absolute Gasteiger partial charge is 0.501 e. The van der Waals surface area contributed by atoms with Gasteiger partial charge in [-0.25, -0.2) is 8.42 Å². The number of nitrogens with one attached hydrogen (secondary N) is 1. The van der Waals surface area contributed by atoms with Gasteiger partial charge in [0.15, 0.2) is 0 Å². The number of aliphatic hydroxyl groups excluding tert-OH is 2. The monoisotopic (exact) mass is 369 g/mol. The molecule has 1 fully saturated rings. The maximum absolute atomic E-state index is 12.5.